The molecule has 0 fully saturated rings. The van der Waals surface area contributed by atoms with Gasteiger partial charge in [0.15, 0.2) is 0 Å². The van der Waals surface area contributed by atoms with Crippen LogP contribution in [0, 0.1) is 10.1 Å². The van der Waals surface area contributed by atoms with E-state index in [0.717, 1.165) is 8.58 Å². The molecule has 0 bridgehead atoms. The summed E-state index contributed by atoms with van der Waals surface area (Å²) in [6, 6.07) is 6.93. The lowest BCUT2D eigenvalue weighted by Crippen LogP contribution is -2.06. The van der Waals surface area contributed by atoms with E-state index in [2.05, 4.69) is 12.2 Å². The third kappa shape index (κ3) is 2.89. The number of nitro benzene ring substituents is 1. The van der Waals surface area contributed by atoms with Crippen LogP contribution in [0.5, 0.6) is 0 Å². The molecule has 0 saturated heterocycles. The Morgan fingerprint density at radius 2 is 2.06 bits per heavy atom. The van der Waals surface area contributed by atoms with Crippen molar-refractivity contribution in [1.82, 2.24) is 0 Å². The highest BCUT2D eigenvalue weighted by Crippen LogP contribution is 2.28. The van der Waals surface area contributed by atoms with Crippen LogP contribution in [0.15, 0.2) is 36.4 Å². The van der Waals surface area contributed by atoms with Crippen molar-refractivity contribution < 1.29 is 4.92 Å². The van der Waals surface area contributed by atoms with E-state index in [1.165, 1.54) is 24.6 Å². The van der Waals surface area contributed by atoms with Crippen LogP contribution in [-0.4, -0.2) is 10.6 Å². The van der Waals surface area contributed by atoms with Gasteiger partial charge in [-0.15, -0.1) is 0 Å². The van der Waals surface area contributed by atoms with Gasteiger partial charge in [-0.25, -0.2) is 0 Å². The monoisotopic (exact) mass is 235 g/mol. The maximum Gasteiger partial charge on any atom is 0.269 e. The topological polar surface area (TPSA) is 43.1 Å². The molecule has 0 N–H and O–H groups in total. The van der Waals surface area contributed by atoms with Crippen LogP contribution in [0.1, 0.15) is 19.3 Å². The van der Waals surface area contributed by atoms with Crippen molar-refractivity contribution in [2.45, 2.75) is 24.9 Å². The van der Waals surface area contributed by atoms with Gasteiger partial charge in [0.1, 0.15) is 0 Å². The number of hydrogen-bond acceptors (Lipinski definition) is 2. The van der Waals surface area contributed by atoms with Crippen LogP contribution >= 0.6 is 8.58 Å². The number of nitro groups is 1. The largest absolute Gasteiger partial charge is 0.269 e. The zero-order valence-corrected chi connectivity index (χ0v) is 9.93. The van der Waals surface area contributed by atoms with Crippen molar-refractivity contribution in [3.63, 3.8) is 0 Å². The van der Waals surface area contributed by atoms with Crippen molar-refractivity contribution in [2.24, 2.45) is 0 Å². The average Bonchev–Trinajstić information content (AvgIpc) is 2.31. The summed E-state index contributed by atoms with van der Waals surface area (Å²) in [6.07, 6.45) is 8.23. The minimum Gasteiger partial charge on any atom is -0.258 e. The van der Waals surface area contributed by atoms with Crippen LogP contribution in [0.2, 0.25) is 0 Å². The molecule has 2 rings (SSSR count). The molecule has 2 unspecified atom stereocenters. The van der Waals surface area contributed by atoms with Crippen molar-refractivity contribution in [1.29, 1.82) is 0 Å². The van der Waals surface area contributed by atoms with Crippen molar-refractivity contribution in [2.75, 3.05) is 0 Å². The van der Waals surface area contributed by atoms with Crippen LogP contribution < -0.4 is 5.30 Å². The van der Waals surface area contributed by atoms with Crippen LogP contribution in [0.25, 0.3) is 0 Å². The smallest absolute Gasteiger partial charge is 0.258 e. The molecule has 0 heterocycles. The first-order valence-corrected chi connectivity index (χ1v) is 6.51. The molecule has 16 heavy (non-hydrogen) atoms. The number of non-ortho nitro benzene ring substituents is 1. The van der Waals surface area contributed by atoms with Gasteiger partial charge in [-0.2, -0.15) is 0 Å². The Morgan fingerprint density at radius 3 is 2.62 bits per heavy atom. The minimum atomic E-state index is -0.354. The molecule has 0 spiro atoms. The van der Waals surface area contributed by atoms with E-state index >= 15 is 0 Å². The lowest BCUT2D eigenvalue weighted by molar-refractivity contribution is -0.384. The van der Waals surface area contributed by atoms with Gasteiger partial charge in [-0.3, -0.25) is 10.1 Å². The molecule has 1 aliphatic carbocycles. The average molecular weight is 235 g/mol. The van der Waals surface area contributed by atoms with Crippen LogP contribution in [-0.2, 0) is 0 Å². The molecular formula is C12H14NO2P. The summed E-state index contributed by atoms with van der Waals surface area (Å²) in [7, 11) is 0.734. The van der Waals surface area contributed by atoms with Gasteiger partial charge >= 0.3 is 0 Å². The summed E-state index contributed by atoms with van der Waals surface area (Å²) in [5.41, 5.74) is 0.808. The molecule has 0 aliphatic heterocycles. The lowest BCUT2D eigenvalue weighted by Gasteiger charge is -2.15. The number of benzene rings is 1. The highest BCUT2D eigenvalue weighted by Gasteiger charge is 2.10. The number of allylic oxidation sites excluding steroid dienone is 2. The minimum absolute atomic E-state index is 0.174. The summed E-state index contributed by atoms with van der Waals surface area (Å²) in [6.45, 7) is 0. The summed E-state index contributed by atoms with van der Waals surface area (Å²) >= 11 is 0. The molecule has 0 radical (unpaired) electrons. The Hall–Kier alpha value is -1.21. The van der Waals surface area contributed by atoms with Gasteiger partial charge in [0.05, 0.1) is 4.92 Å². The first-order chi connectivity index (χ1) is 7.75. The second-order valence-electron chi connectivity index (χ2n) is 3.91. The molecule has 4 heteroatoms. The SMILES string of the molecule is O=[N+]([O-])c1ccc(PC2C=CCCC2)cc1. The third-order valence-corrected chi connectivity index (χ3v) is 4.20. The van der Waals surface area contributed by atoms with E-state index in [1.807, 2.05) is 12.1 Å². The molecular weight excluding hydrogens is 221 g/mol. The van der Waals surface area contributed by atoms with Gasteiger partial charge in [0, 0.05) is 12.1 Å². The molecule has 1 aromatic carbocycles. The molecule has 1 aliphatic rings. The standard InChI is InChI=1S/C12H14NO2P/c14-13(15)10-6-8-12(9-7-10)16-11-4-2-1-3-5-11/h2,4,6-9,11,16H,1,3,5H2. The molecule has 0 amide bonds. The van der Waals surface area contributed by atoms with E-state index in [4.69, 9.17) is 0 Å². The van der Waals surface area contributed by atoms with E-state index in [9.17, 15) is 10.1 Å². The van der Waals surface area contributed by atoms with E-state index in [0.29, 0.717) is 5.66 Å². The molecule has 0 aromatic heterocycles. The predicted molar refractivity (Wildman–Crippen MR) is 67.8 cm³/mol. The molecule has 3 nitrogen and oxygen atoms in total. The first-order valence-electron chi connectivity index (χ1n) is 5.43. The Labute approximate surface area is 96.5 Å². The normalized spacial score (nSPS) is 20.4. The third-order valence-electron chi connectivity index (χ3n) is 2.68. The zero-order valence-electron chi connectivity index (χ0n) is 8.93. The van der Waals surface area contributed by atoms with Crippen molar-refractivity contribution in [3.05, 3.63) is 46.5 Å². The van der Waals surface area contributed by atoms with Gasteiger partial charge < -0.3 is 0 Å². The highest BCUT2D eigenvalue weighted by atomic mass is 31.1. The van der Waals surface area contributed by atoms with Gasteiger partial charge in [-0.1, -0.05) is 20.7 Å². The predicted octanol–water partition coefficient (Wildman–Crippen LogP) is 3.01. The fourth-order valence-corrected chi connectivity index (χ4v) is 3.19. The summed E-state index contributed by atoms with van der Waals surface area (Å²) in [4.78, 5) is 10.1. The first kappa shape index (κ1) is 11.3. The maximum absolute atomic E-state index is 10.5. The van der Waals surface area contributed by atoms with Crippen LogP contribution in [0.4, 0.5) is 5.69 Å². The lowest BCUT2D eigenvalue weighted by atomic mass is 10.1. The second kappa shape index (κ2) is 5.22. The molecule has 1 aromatic rings. The fourth-order valence-electron chi connectivity index (χ4n) is 1.83. The summed E-state index contributed by atoms with van der Waals surface area (Å²) < 4.78 is 0. The fraction of sp³-hybridized carbons (Fsp3) is 0.333. The molecule has 2 atom stereocenters. The van der Waals surface area contributed by atoms with Crippen molar-refractivity contribution >= 4 is 19.6 Å². The molecule has 0 saturated carbocycles. The van der Waals surface area contributed by atoms with Gasteiger partial charge in [-0.05, 0) is 42.4 Å². The number of rotatable bonds is 3. The Kier molecular flexibility index (Phi) is 3.68. The highest BCUT2D eigenvalue weighted by molar-refractivity contribution is 7.48. The van der Waals surface area contributed by atoms with E-state index in [-0.39, 0.29) is 10.6 Å². The summed E-state index contributed by atoms with van der Waals surface area (Å²) in [5, 5.41) is 11.7. The number of nitrogens with zero attached hydrogens (tertiary/aromatic N) is 1. The quantitative estimate of drug-likeness (QED) is 0.350. The van der Waals surface area contributed by atoms with E-state index in [1.54, 1.807) is 12.1 Å². The Bertz CT molecular complexity index is 400. The van der Waals surface area contributed by atoms with Crippen LogP contribution in [0.3, 0.4) is 0 Å². The zero-order chi connectivity index (χ0) is 11.4. The van der Waals surface area contributed by atoms with E-state index < -0.39 is 0 Å². The summed E-state index contributed by atoms with van der Waals surface area (Å²) in [5.74, 6) is 0. The second-order valence-corrected chi connectivity index (χ2v) is 5.52. The molecule has 84 valence electrons. The maximum atomic E-state index is 10.5. The van der Waals surface area contributed by atoms with Gasteiger partial charge in [0.25, 0.3) is 5.69 Å². The Balaban J connectivity index is 2.02. The Morgan fingerprint density at radius 1 is 1.31 bits per heavy atom. The van der Waals surface area contributed by atoms with Crippen molar-refractivity contribution in [3.8, 4) is 0 Å². The van der Waals surface area contributed by atoms with Gasteiger partial charge in [0.2, 0.25) is 0 Å². The number of hydrogen-bond donors (Lipinski definition) is 0.